The lowest BCUT2D eigenvalue weighted by Crippen LogP contribution is -2.33. The van der Waals surface area contributed by atoms with Gasteiger partial charge in [-0.1, -0.05) is 18.2 Å². The van der Waals surface area contributed by atoms with Crippen molar-refractivity contribution in [1.82, 2.24) is 0 Å². The molecule has 0 radical (unpaired) electrons. The number of carbonyl (C=O) groups is 1. The number of hydrogen-bond acceptors (Lipinski definition) is 5. The summed E-state index contributed by atoms with van der Waals surface area (Å²) in [6.45, 7) is 1.46. The molecule has 0 saturated heterocycles. The minimum absolute atomic E-state index is 0.200. The lowest BCUT2D eigenvalue weighted by molar-refractivity contribution is -0.139. The minimum atomic E-state index is -3.84. The highest BCUT2D eigenvalue weighted by Crippen LogP contribution is 2.17. The van der Waals surface area contributed by atoms with Crippen LogP contribution < -0.4 is 10.5 Å². The standard InChI is InChI=1S/C11H16N2O4S/c1-8(11(14)17-2)18(15,16)13-10-6-4-3-5-9(10)7-12/h3-6,8,13H,7,12H2,1-2H3. The van der Waals surface area contributed by atoms with Crippen molar-refractivity contribution in [3.8, 4) is 0 Å². The SMILES string of the molecule is COC(=O)C(C)S(=O)(=O)Nc1ccccc1CN. The average Bonchev–Trinajstić information content (AvgIpc) is 2.37. The van der Waals surface area contributed by atoms with Gasteiger partial charge in [0.15, 0.2) is 5.25 Å². The van der Waals surface area contributed by atoms with Crippen molar-refractivity contribution < 1.29 is 17.9 Å². The minimum Gasteiger partial charge on any atom is -0.468 e. The number of hydrogen-bond donors (Lipinski definition) is 2. The molecule has 0 saturated carbocycles. The number of ether oxygens (including phenoxy) is 1. The molecule has 1 unspecified atom stereocenters. The number of carbonyl (C=O) groups excluding carboxylic acids is 1. The summed E-state index contributed by atoms with van der Waals surface area (Å²) in [6.07, 6.45) is 0. The third kappa shape index (κ3) is 3.21. The zero-order chi connectivity index (χ0) is 13.8. The Morgan fingerprint density at radius 2 is 2.06 bits per heavy atom. The van der Waals surface area contributed by atoms with Gasteiger partial charge in [0.2, 0.25) is 10.0 Å². The maximum atomic E-state index is 11.9. The van der Waals surface area contributed by atoms with E-state index in [1.54, 1.807) is 24.3 Å². The van der Waals surface area contributed by atoms with Crippen LogP contribution in [0.25, 0.3) is 0 Å². The molecule has 0 aliphatic rings. The van der Waals surface area contributed by atoms with Gasteiger partial charge in [0.05, 0.1) is 12.8 Å². The molecular formula is C11H16N2O4S. The Labute approximate surface area is 106 Å². The van der Waals surface area contributed by atoms with Gasteiger partial charge in [-0.2, -0.15) is 0 Å². The monoisotopic (exact) mass is 272 g/mol. The van der Waals surface area contributed by atoms with Gasteiger partial charge in [0.25, 0.3) is 0 Å². The predicted molar refractivity (Wildman–Crippen MR) is 68.4 cm³/mol. The van der Waals surface area contributed by atoms with Crippen molar-refractivity contribution in [3.05, 3.63) is 29.8 Å². The second-order valence-corrected chi connectivity index (χ2v) is 5.67. The largest absolute Gasteiger partial charge is 0.468 e. The lowest BCUT2D eigenvalue weighted by atomic mass is 10.2. The number of esters is 1. The van der Waals surface area contributed by atoms with E-state index in [0.29, 0.717) is 11.3 Å². The quantitative estimate of drug-likeness (QED) is 0.758. The van der Waals surface area contributed by atoms with Crippen molar-refractivity contribution in [2.75, 3.05) is 11.8 Å². The molecule has 0 spiro atoms. The lowest BCUT2D eigenvalue weighted by Gasteiger charge is -2.14. The third-order valence-electron chi connectivity index (χ3n) is 2.49. The molecule has 1 aromatic carbocycles. The van der Waals surface area contributed by atoms with Gasteiger partial charge in [-0.25, -0.2) is 8.42 Å². The molecule has 7 heteroatoms. The van der Waals surface area contributed by atoms with E-state index in [1.165, 1.54) is 6.92 Å². The van der Waals surface area contributed by atoms with Crippen LogP contribution in [0.4, 0.5) is 5.69 Å². The van der Waals surface area contributed by atoms with Crippen LogP contribution in [-0.4, -0.2) is 26.7 Å². The number of benzene rings is 1. The number of methoxy groups -OCH3 is 1. The van der Waals surface area contributed by atoms with Gasteiger partial charge in [0.1, 0.15) is 0 Å². The number of para-hydroxylation sites is 1. The molecule has 0 amide bonds. The highest BCUT2D eigenvalue weighted by molar-refractivity contribution is 7.94. The Morgan fingerprint density at radius 3 is 2.61 bits per heavy atom. The van der Waals surface area contributed by atoms with Gasteiger partial charge in [0, 0.05) is 6.54 Å². The summed E-state index contributed by atoms with van der Waals surface area (Å²) in [4.78, 5) is 11.2. The fraction of sp³-hybridized carbons (Fsp3) is 0.364. The van der Waals surface area contributed by atoms with E-state index in [2.05, 4.69) is 9.46 Å². The van der Waals surface area contributed by atoms with Crippen LogP contribution in [0, 0.1) is 0 Å². The Kier molecular flexibility index (Phi) is 4.69. The summed E-state index contributed by atoms with van der Waals surface area (Å²) in [6, 6.07) is 6.73. The molecule has 1 atom stereocenters. The van der Waals surface area contributed by atoms with Gasteiger partial charge in [-0.3, -0.25) is 9.52 Å². The zero-order valence-electron chi connectivity index (χ0n) is 10.2. The first kappa shape index (κ1) is 14.5. The van der Waals surface area contributed by atoms with Gasteiger partial charge < -0.3 is 10.5 Å². The fourth-order valence-electron chi connectivity index (χ4n) is 1.33. The van der Waals surface area contributed by atoms with E-state index < -0.39 is 21.2 Å². The van der Waals surface area contributed by atoms with Gasteiger partial charge in [-0.05, 0) is 18.6 Å². The molecule has 0 aromatic heterocycles. The van der Waals surface area contributed by atoms with Crippen LogP contribution in [0.2, 0.25) is 0 Å². The van der Waals surface area contributed by atoms with Crippen LogP contribution in [0.1, 0.15) is 12.5 Å². The van der Waals surface area contributed by atoms with Crippen LogP contribution in [0.15, 0.2) is 24.3 Å². The zero-order valence-corrected chi connectivity index (χ0v) is 11.0. The van der Waals surface area contributed by atoms with Crippen molar-refractivity contribution >= 4 is 21.7 Å². The van der Waals surface area contributed by atoms with Gasteiger partial charge >= 0.3 is 5.97 Å². The van der Waals surface area contributed by atoms with E-state index in [9.17, 15) is 13.2 Å². The molecule has 18 heavy (non-hydrogen) atoms. The van der Waals surface area contributed by atoms with Crippen LogP contribution in [-0.2, 0) is 26.1 Å². The van der Waals surface area contributed by atoms with E-state index in [4.69, 9.17) is 5.73 Å². The molecule has 0 fully saturated rings. The second-order valence-electron chi connectivity index (χ2n) is 3.67. The maximum absolute atomic E-state index is 11.9. The Balaban J connectivity index is 2.99. The van der Waals surface area contributed by atoms with Gasteiger partial charge in [-0.15, -0.1) is 0 Å². The number of sulfonamides is 1. The van der Waals surface area contributed by atoms with Crippen LogP contribution >= 0.6 is 0 Å². The first-order chi connectivity index (χ1) is 8.42. The molecule has 0 bridgehead atoms. The summed E-state index contributed by atoms with van der Waals surface area (Å²) in [5.74, 6) is -0.812. The maximum Gasteiger partial charge on any atom is 0.325 e. The highest BCUT2D eigenvalue weighted by atomic mass is 32.2. The molecule has 1 rings (SSSR count). The van der Waals surface area contributed by atoms with Crippen LogP contribution in [0.3, 0.4) is 0 Å². The molecule has 6 nitrogen and oxygen atoms in total. The number of nitrogens with two attached hydrogens (primary N) is 1. The summed E-state index contributed by atoms with van der Waals surface area (Å²) in [7, 11) is -2.70. The molecule has 100 valence electrons. The summed E-state index contributed by atoms with van der Waals surface area (Å²) >= 11 is 0. The van der Waals surface area contributed by atoms with E-state index in [-0.39, 0.29) is 6.54 Å². The van der Waals surface area contributed by atoms with E-state index in [0.717, 1.165) is 7.11 Å². The highest BCUT2D eigenvalue weighted by Gasteiger charge is 2.29. The first-order valence-electron chi connectivity index (χ1n) is 5.29. The Hall–Kier alpha value is -1.60. The van der Waals surface area contributed by atoms with Crippen molar-refractivity contribution in [1.29, 1.82) is 0 Å². The number of anilines is 1. The summed E-state index contributed by atoms with van der Waals surface area (Å²) in [5.41, 5.74) is 6.53. The van der Waals surface area contributed by atoms with Crippen LogP contribution in [0.5, 0.6) is 0 Å². The molecular weight excluding hydrogens is 256 g/mol. The normalized spacial score (nSPS) is 12.8. The Bertz CT molecular complexity index is 528. The van der Waals surface area contributed by atoms with Crippen molar-refractivity contribution in [3.63, 3.8) is 0 Å². The molecule has 0 aliphatic heterocycles. The smallest absolute Gasteiger partial charge is 0.325 e. The predicted octanol–water partition coefficient (Wildman–Crippen LogP) is 0.448. The van der Waals surface area contributed by atoms with E-state index >= 15 is 0 Å². The summed E-state index contributed by atoms with van der Waals surface area (Å²) < 4.78 is 30.6. The molecule has 0 heterocycles. The summed E-state index contributed by atoms with van der Waals surface area (Å²) in [5, 5.41) is -1.28. The topological polar surface area (TPSA) is 98.5 Å². The second kappa shape index (κ2) is 5.83. The van der Waals surface area contributed by atoms with Crippen molar-refractivity contribution in [2.45, 2.75) is 18.7 Å². The first-order valence-corrected chi connectivity index (χ1v) is 6.84. The molecule has 3 N–H and O–H groups in total. The number of nitrogens with one attached hydrogen (secondary N) is 1. The number of rotatable bonds is 5. The average molecular weight is 272 g/mol. The fourth-order valence-corrected chi connectivity index (χ4v) is 2.36. The van der Waals surface area contributed by atoms with E-state index in [1.807, 2.05) is 0 Å². The third-order valence-corrected chi connectivity index (χ3v) is 4.12. The molecule has 0 aliphatic carbocycles. The Morgan fingerprint density at radius 1 is 1.44 bits per heavy atom. The molecule has 1 aromatic rings. The van der Waals surface area contributed by atoms with Crippen molar-refractivity contribution in [2.24, 2.45) is 5.73 Å².